The van der Waals surface area contributed by atoms with E-state index < -0.39 is 0 Å². The number of hydrogen-bond acceptors (Lipinski definition) is 2. The molecule has 74 valence electrons. The lowest BCUT2D eigenvalue weighted by atomic mass is 10.0. The van der Waals surface area contributed by atoms with Crippen LogP contribution in [0.5, 0.6) is 5.75 Å². The molecule has 0 saturated heterocycles. The number of aliphatic hydroxyl groups is 1. The molecule has 0 saturated carbocycles. The van der Waals surface area contributed by atoms with Gasteiger partial charge in [-0.3, -0.25) is 0 Å². The first-order valence-corrected chi connectivity index (χ1v) is 4.86. The number of para-hydroxylation sites is 1. The highest BCUT2D eigenvalue weighted by Gasteiger charge is 2.19. The highest BCUT2D eigenvalue weighted by molar-refractivity contribution is 5.59. The van der Waals surface area contributed by atoms with Gasteiger partial charge in [0.1, 0.15) is 11.9 Å². The number of benzene rings is 1. The lowest BCUT2D eigenvalue weighted by Crippen LogP contribution is -2.27. The first kappa shape index (κ1) is 9.28. The molecule has 1 aromatic carbocycles. The quantitative estimate of drug-likeness (QED) is 0.773. The van der Waals surface area contributed by atoms with Crippen molar-refractivity contribution in [1.29, 1.82) is 0 Å². The van der Waals surface area contributed by atoms with Crippen molar-refractivity contribution in [2.24, 2.45) is 5.92 Å². The van der Waals surface area contributed by atoms with Crippen LogP contribution in [0, 0.1) is 5.92 Å². The standard InChI is InChI=1S/C12H14O2/c1-9(8-13)11-7-6-10-4-2-3-5-12(10)14-11/h2-7,9,11,13H,8H2,1H3/t9-,11+/m0/s1. The summed E-state index contributed by atoms with van der Waals surface area (Å²) in [6, 6.07) is 7.92. The van der Waals surface area contributed by atoms with Gasteiger partial charge in [0.15, 0.2) is 0 Å². The van der Waals surface area contributed by atoms with Crippen LogP contribution in [0.25, 0.3) is 6.08 Å². The van der Waals surface area contributed by atoms with Crippen LogP contribution < -0.4 is 4.74 Å². The van der Waals surface area contributed by atoms with E-state index in [0.29, 0.717) is 0 Å². The molecule has 1 heterocycles. The first-order chi connectivity index (χ1) is 6.81. The van der Waals surface area contributed by atoms with E-state index in [-0.39, 0.29) is 18.6 Å². The van der Waals surface area contributed by atoms with Crippen molar-refractivity contribution in [3.63, 3.8) is 0 Å². The van der Waals surface area contributed by atoms with Gasteiger partial charge in [-0.05, 0) is 12.1 Å². The summed E-state index contributed by atoms with van der Waals surface area (Å²) in [6.45, 7) is 2.13. The van der Waals surface area contributed by atoms with Gasteiger partial charge in [0.2, 0.25) is 0 Å². The van der Waals surface area contributed by atoms with E-state index in [1.54, 1.807) is 0 Å². The van der Waals surface area contributed by atoms with E-state index >= 15 is 0 Å². The Morgan fingerprint density at radius 3 is 3.00 bits per heavy atom. The molecule has 1 aliphatic rings. The third-order valence-corrected chi connectivity index (χ3v) is 2.50. The largest absolute Gasteiger partial charge is 0.485 e. The summed E-state index contributed by atoms with van der Waals surface area (Å²) in [7, 11) is 0. The molecular weight excluding hydrogens is 176 g/mol. The third-order valence-electron chi connectivity index (χ3n) is 2.50. The van der Waals surface area contributed by atoms with Crippen molar-refractivity contribution in [3.8, 4) is 5.75 Å². The molecule has 0 radical (unpaired) electrons. The van der Waals surface area contributed by atoms with Gasteiger partial charge in [-0.15, -0.1) is 0 Å². The summed E-state index contributed by atoms with van der Waals surface area (Å²) in [5.41, 5.74) is 1.11. The maximum Gasteiger partial charge on any atom is 0.127 e. The summed E-state index contributed by atoms with van der Waals surface area (Å²) in [6.07, 6.45) is 4.05. The minimum atomic E-state index is -0.00472. The maximum absolute atomic E-state index is 9.02. The third kappa shape index (κ3) is 1.66. The molecule has 14 heavy (non-hydrogen) atoms. The molecule has 2 nitrogen and oxygen atoms in total. The Balaban J connectivity index is 2.21. The van der Waals surface area contributed by atoms with Crippen LogP contribution in [-0.4, -0.2) is 17.8 Å². The summed E-state index contributed by atoms with van der Waals surface area (Å²) in [5.74, 6) is 1.04. The lowest BCUT2D eigenvalue weighted by molar-refractivity contribution is 0.127. The highest BCUT2D eigenvalue weighted by atomic mass is 16.5. The second-order valence-electron chi connectivity index (χ2n) is 3.64. The fourth-order valence-corrected chi connectivity index (χ4v) is 1.52. The van der Waals surface area contributed by atoms with E-state index in [2.05, 4.69) is 6.08 Å². The van der Waals surface area contributed by atoms with Gasteiger partial charge in [-0.2, -0.15) is 0 Å². The average molecular weight is 190 g/mol. The second-order valence-corrected chi connectivity index (χ2v) is 3.64. The SMILES string of the molecule is C[C@@H](CO)[C@H]1C=Cc2ccccc2O1. The molecule has 2 heteroatoms. The van der Waals surface area contributed by atoms with Crippen molar-refractivity contribution in [3.05, 3.63) is 35.9 Å². The van der Waals surface area contributed by atoms with Gasteiger partial charge in [0, 0.05) is 18.1 Å². The molecule has 1 aromatic rings. The Kier molecular flexibility index (Phi) is 2.55. The Bertz CT molecular complexity index is 344. The van der Waals surface area contributed by atoms with Gasteiger partial charge in [-0.1, -0.05) is 31.2 Å². The zero-order valence-electron chi connectivity index (χ0n) is 8.18. The van der Waals surface area contributed by atoms with Crippen LogP contribution in [0.15, 0.2) is 30.3 Å². The molecular formula is C12H14O2. The van der Waals surface area contributed by atoms with Gasteiger partial charge < -0.3 is 9.84 Å². The Hall–Kier alpha value is -1.28. The van der Waals surface area contributed by atoms with E-state index in [9.17, 15) is 0 Å². The van der Waals surface area contributed by atoms with Gasteiger partial charge in [0.05, 0.1) is 0 Å². The Labute approximate surface area is 83.8 Å². The topological polar surface area (TPSA) is 29.5 Å². The van der Waals surface area contributed by atoms with Crippen LogP contribution >= 0.6 is 0 Å². The number of aliphatic hydroxyl groups excluding tert-OH is 1. The van der Waals surface area contributed by atoms with Crippen LogP contribution in [0.2, 0.25) is 0 Å². The Morgan fingerprint density at radius 1 is 1.43 bits per heavy atom. The minimum Gasteiger partial charge on any atom is -0.485 e. The summed E-state index contributed by atoms with van der Waals surface area (Å²) < 4.78 is 5.74. The number of rotatable bonds is 2. The van der Waals surface area contributed by atoms with Crippen molar-refractivity contribution in [2.75, 3.05) is 6.61 Å². The summed E-state index contributed by atoms with van der Waals surface area (Å²) in [4.78, 5) is 0. The van der Waals surface area contributed by atoms with Crippen LogP contribution in [0.1, 0.15) is 12.5 Å². The van der Waals surface area contributed by atoms with Crippen LogP contribution in [-0.2, 0) is 0 Å². The van der Waals surface area contributed by atoms with Crippen molar-refractivity contribution in [1.82, 2.24) is 0 Å². The predicted octanol–water partition coefficient (Wildman–Crippen LogP) is 2.09. The van der Waals surface area contributed by atoms with Gasteiger partial charge in [-0.25, -0.2) is 0 Å². The molecule has 2 rings (SSSR count). The minimum absolute atomic E-state index is 0.00472. The second kappa shape index (κ2) is 3.84. The van der Waals surface area contributed by atoms with Gasteiger partial charge >= 0.3 is 0 Å². The lowest BCUT2D eigenvalue weighted by Gasteiger charge is -2.25. The summed E-state index contributed by atoms with van der Waals surface area (Å²) in [5, 5.41) is 9.02. The molecule has 0 spiro atoms. The van der Waals surface area contributed by atoms with Crippen LogP contribution in [0.3, 0.4) is 0 Å². The zero-order valence-corrected chi connectivity index (χ0v) is 8.18. The fraction of sp³-hybridized carbons (Fsp3) is 0.333. The highest BCUT2D eigenvalue weighted by Crippen LogP contribution is 2.27. The monoisotopic (exact) mass is 190 g/mol. The molecule has 0 aromatic heterocycles. The molecule has 1 aliphatic heterocycles. The molecule has 1 N–H and O–H groups in total. The Morgan fingerprint density at radius 2 is 2.21 bits per heavy atom. The molecule has 0 aliphatic carbocycles. The van der Waals surface area contributed by atoms with E-state index in [1.807, 2.05) is 37.3 Å². The molecule has 0 unspecified atom stereocenters. The smallest absolute Gasteiger partial charge is 0.127 e. The number of fused-ring (bicyclic) bond motifs is 1. The van der Waals surface area contributed by atoms with E-state index in [1.165, 1.54) is 0 Å². The van der Waals surface area contributed by atoms with E-state index in [0.717, 1.165) is 11.3 Å². The molecule has 0 amide bonds. The maximum atomic E-state index is 9.02. The fourth-order valence-electron chi connectivity index (χ4n) is 1.52. The predicted molar refractivity (Wildman–Crippen MR) is 56.1 cm³/mol. The number of hydrogen-bond donors (Lipinski definition) is 1. The molecule has 2 atom stereocenters. The first-order valence-electron chi connectivity index (χ1n) is 4.86. The van der Waals surface area contributed by atoms with Crippen molar-refractivity contribution < 1.29 is 9.84 Å². The van der Waals surface area contributed by atoms with Gasteiger partial charge in [0.25, 0.3) is 0 Å². The van der Waals surface area contributed by atoms with E-state index in [4.69, 9.17) is 9.84 Å². The summed E-state index contributed by atoms with van der Waals surface area (Å²) >= 11 is 0. The number of ether oxygens (including phenoxy) is 1. The van der Waals surface area contributed by atoms with Crippen molar-refractivity contribution >= 4 is 6.08 Å². The zero-order chi connectivity index (χ0) is 9.97. The molecule has 0 bridgehead atoms. The normalized spacial score (nSPS) is 21.1. The van der Waals surface area contributed by atoms with Crippen LogP contribution in [0.4, 0.5) is 0 Å². The van der Waals surface area contributed by atoms with Crippen molar-refractivity contribution in [2.45, 2.75) is 13.0 Å². The average Bonchev–Trinajstić information content (AvgIpc) is 2.27. The molecule has 0 fully saturated rings.